The van der Waals surface area contributed by atoms with Gasteiger partial charge in [-0.15, -0.1) is 0 Å². The molecule has 27 heavy (non-hydrogen) atoms. The number of benzene rings is 1. The first-order chi connectivity index (χ1) is 12.9. The fourth-order valence-corrected chi connectivity index (χ4v) is 3.23. The number of hydrogen-bond donors (Lipinski definition) is 1. The average molecular weight is 394 g/mol. The van der Waals surface area contributed by atoms with Gasteiger partial charge in [0.05, 0.1) is 5.56 Å². The summed E-state index contributed by atoms with van der Waals surface area (Å²) in [6.45, 7) is 3.56. The Labute approximate surface area is 162 Å². The predicted octanol–water partition coefficient (Wildman–Crippen LogP) is 3.69. The fourth-order valence-electron chi connectivity index (χ4n) is 2.98. The molecule has 0 unspecified atom stereocenters. The van der Waals surface area contributed by atoms with E-state index in [9.17, 15) is 13.2 Å². The molecule has 144 valence electrons. The summed E-state index contributed by atoms with van der Waals surface area (Å²) in [5.74, 6) is 0.563. The zero-order chi connectivity index (χ0) is 19.3. The van der Waals surface area contributed by atoms with Crippen LogP contribution in [0.3, 0.4) is 0 Å². The molecule has 1 fully saturated rings. The lowest BCUT2D eigenvalue weighted by atomic mass is 10.2. The van der Waals surface area contributed by atoms with Gasteiger partial charge in [0.1, 0.15) is 5.82 Å². The van der Waals surface area contributed by atoms with Crippen LogP contribution in [-0.4, -0.2) is 41.2 Å². The van der Waals surface area contributed by atoms with Gasteiger partial charge in [-0.2, -0.15) is 13.2 Å². The number of aromatic nitrogens is 1. The first-order valence-electron chi connectivity index (χ1n) is 8.78. The lowest BCUT2D eigenvalue weighted by Gasteiger charge is -2.25. The second-order valence-corrected chi connectivity index (χ2v) is 6.76. The van der Waals surface area contributed by atoms with Crippen LogP contribution >= 0.6 is 12.2 Å². The van der Waals surface area contributed by atoms with Crippen LogP contribution in [0.25, 0.3) is 0 Å². The van der Waals surface area contributed by atoms with E-state index in [4.69, 9.17) is 12.2 Å². The molecule has 8 heteroatoms. The number of pyridine rings is 1. The molecule has 0 amide bonds. The minimum atomic E-state index is -4.36. The summed E-state index contributed by atoms with van der Waals surface area (Å²) < 4.78 is 38.0. The summed E-state index contributed by atoms with van der Waals surface area (Å²) >= 11 is 5.50. The van der Waals surface area contributed by atoms with Crippen molar-refractivity contribution in [2.45, 2.75) is 19.1 Å². The van der Waals surface area contributed by atoms with E-state index in [1.54, 1.807) is 0 Å². The molecular formula is C19H21F3N4S. The molecule has 1 aliphatic heterocycles. The van der Waals surface area contributed by atoms with Gasteiger partial charge in [-0.25, -0.2) is 4.98 Å². The van der Waals surface area contributed by atoms with Crippen LogP contribution < -0.4 is 10.2 Å². The Kier molecular flexibility index (Phi) is 6.15. The maximum absolute atomic E-state index is 12.7. The number of rotatable bonds is 3. The number of hydrogen-bond acceptors (Lipinski definition) is 3. The van der Waals surface area contributed by atoms with E-state index >= 15 is 0 Å². The molecule has 2 aromatic rings. The molecule has 4 nitrogen and oxygen atoms in total. The summed E-state index contributed by atoms with van der Waals surface area (Å²) in [5, 5.41) is 3.97. The quantitative estimate of drug-likeness (QED) is 0.803. The lowest BCUT2D eigenvalue weighted by Crippen LogP contribution is -2.41. The molecule has 0 bridgehead atoms. The standard InChI is InChI=1S/C19H21F3N4S/c20-19(21,22)16-7-8-17(23-14-16)25-9-4-10-26(12-11-25)18(27)24-13-15-5-2-1-3-6-15/h1-3,5-8,14H,4,9-13H2,(H,24,27). The predicted molar refractivity (Wildman–Crippen MR) is 104 cm³/mol. The van der Waals surface area contributed by atoms with Crippen molar-refractivity contribution in [1.82, 2.24) is 15.2 Å². The van der Waals surface area contributed by atoms with E-state index < -0.39 is 11.7 Å². The van der Waals surface area contributed by atoms with Crippen LogP contribution in [0.15, 0.2) is 48.7 Å². The summed E-state index contributed by atoms with van der Waals surface area (Å²) in [4.78, 5) is 8.09. The summed E-state index contributed by atoms with van der Waals surface area (Å²) in [7, 11) is 0. The average Bonchev–Trinajstić information content (AvgIpc) is 2.93. The van der Waals surface area contributed by atoms with E-state index in [0.29, 0.717) is 30.6 Å². The van der Waals surface area contributed by atoms with E-state index in [1.165, 1.54) is 6.07 Å². The molecule has 1 aromatic heterocycles. The van der Waals surface area contributed by atoms with Crippen molar-refractivity contribution >= 4 is 23.1 Å². The van der Waals surface area contributed by atoms with E-state index in [0.717, 1.165) is 37.3 Å². The highest BCUT2D eigenvalue weighted by atomic mass is 32.1. The van der Waals surface area contributed by atoms with E-state index in [1.807, 2.05) is 35.2 Å². The summed E-state index contributed by atoms with van der Waals surface area (Å²) in [6, 6.07) is 12.5. The van der Waals surface area contributed by atoms with Crippen LogP contribution in [0.4, 0.5) is 19.0 Å². The molecule has 1 N–H and O–H groups in total. The monoisotopic (exact) mass is 394 g/mol. The van der Waals surface area contributed by atoms with Crippen molar-refractivity contribution < 1.29 is 13.2 Å². The van der Waals surface area contributed by atoms with Gasteiger partial charge in [-0.1, -0.05) is 30.3 Å². The highest BCUT2D eigenvalue weighted by Crippen LogP contribution is 2.29. The zero-order valence-corrected chi connectivity index (χ0v) is 15.6. The van der Waals surface area contributed by atoms with E-state index in [-0.39, 0.29) is 0 Å². The second-order valence-electron chi connectivity index (χ2n) is 6.37. The van der Waals surface area contributed by atoms with Crippen LogP contribution in [0.2, 0.25) is 0 Å². The summed E-state index contributed by atoms with van der Waals surface area (Å²) in [5.41, 5.74) is 0.430. The van der Waals surface area contributed by atoms with Crippen LogP contribution in [0.5, 0.6) is 0 Å². The van der Waals surface area contributed by atoms with Gasteiger partial charge in [-0.05, 0) is 36.3 Å². The third-order valence-electron chi connectivity index (χ3n) is 4.47. The molecule has 1 saturated heterocycles. The van der Waals surface area contributed by atoms with Gasteiger partial charge < -0.3 is 15.1 Å². The molecule has 0 saturated carbocycles. The maximum atomic E-state index is 12.7. The number of nitrogens with one attached hydrogen (secondary N) is 1. The maximum Gasteiger partial charge on any atom is 0.417 e. The van der Waals surface area contributed by atoms with Gasteiger partial charge in [0.2, 0.25) is 0 Å². The first kappa shape index (κ1) is 19.4. The minimum Gasteiger partial charge on any atom is -0.358 e. The Morgan fingerprint density at radius 1 is 1.04 bits per heavy atom. The third-order valence-corrected chi connectivity index (χ3v) is 4.87. The van der Waals surface area contributed by atoms with E-state index in [2.05, 4.69) is 15.2 Å². The topological polar surface area (TPSA) is 31.4 Å². The molecule has 3 rings (SSSR count). The normalized spacial score (nSPS) is 15.4. The van der Waals surface area contributed by atoms with Crippen molar-refractivity contribution in [2.75, 3.05) is 31.1 Å². The number of anilines is 1. The minimum absolute atomic E-state index is 0.563. The fraction of sp³-hybridized carbons (Fsp3) is 0.368. The van der Waals surface area contributed by atoms with Crippen LogP contribution in [0, 0.1) is 0 Å². The van der Waals surface area contributed by atoms with Crippen molar-refractivity contribution in [3.8, 4) is 0 Å². The van der Waals surface area contributed by atoms with Gasteiger partial charge in [0.15, 0.2) is 5.11 Å². The molecule has 0 radical (unpaired) electrons. The molecule has 0 spiro atoms. The number of thiocarbonyl (C=S) groups is 1. The Balaban J connectivity index is 1.54. The largest absolute Gasteiger partial charge is 0.417 e. The highest BCUT2D eigenvalue weighted by Gasteiger charge is 2.31. The highest BCUT2D eigenvalue weighted by molar-refractivity contribution is 7.80. The summed E-state index contributed by atoms with van der Waals surface area (Å²) in [6.07, 6.45) is -2.61. The molecular weight excluding hydrogens is 373 g/mol. The number of halogens is 3. The van der Waals surface area contributed by atoms with Crippen molar-refractivity contribution in [3.63, 3.8) is 0 Å². The Bertz CT molecular complexity index is 750. The van der Waals surface area contributed by atoms with Gasteiger partial charge in [0.25, 0.3) is 0 Å². The van der Waals surface area contributed by atoms with Gasteiger partial charge in [-0.3, -0.25) is 0 Å². The lowest BCUT2D eigenvalue weighted by molar-refractivity contribution is -0.137. The molecule has 2 heterocycles. The molecule has 1 aromatic carbocycles. The molecule has 0 aliphatic carbocycles. The van der Waals surface area contributed by atoms with Crippen molar-refractivity contribution in [3.05, 3.63) is 59.8 Å². The van der Waals surface area contributed by atoms with Crippen molar-refractivity contribution in [1.29, 1.82) is 0 Å². The Morgan fingerprint density at radius 2 is 1.81 bits per heavy atom. The second kappa shape index (κ2) is 8.56. The number of nitrogens with zero attached hydrogens (tertiary/aromatic N) is 3. The first-order valence-corrected chi connectivity index (χ1v) is 9.19. The van der Waals surface area contributed by atoms with Gasteiger partial charge in [0, 0.05) is 38.9 Å². The zero-order valence-electron chi connectivity index (χ0n) is 14.7. The Hall–Kier alpha value is -2.35. The molecule has 0 atom stereocenters. The smallest absolute Gasteiger partial charge is 0.358 e. The number of alkyl halides is 3. The van der Waals surface area contributed by atoms with Crippen molar-refractivity contribution in [2.24, 2.45) is 0 Å². The SMILES string of the molecule is FC(F)(F)c1ccc(N2CCCN(C(=S)NCc3ccccc3)CC2)nc1. The molecule has 1 aliphatic rings. The Morgan fingerprint density at radius 3 is 2.48 bits per heavy atom. The van der Waals surface area contributed by atoms with Crippen LogP contribution in [0.1, 0.15) is 17.5 Å². The third kappa shape index (κ3) is 5.32. The van der Waals surface area contributed by atoms with Crippen LogP contribution in [-0.2, 0) is 12.7 Å². The van der Waals surface area contributed by atoms with Gasteiger partial charge >= 0.3 is 6.18 Å².